The number of ether oxygens (including phenoxy) is 1. The van der Waals surface area contributed by atoms with Gasteiger partial charge in [0.2, 0.25) is 5.95 Å². The molecule has 0 spiro atoms. The molecule has 1 unspecified atom stereocenters. The molecule has 1 aromatic rings. The first kappa shape index (κ1) is 17.5. The van der Waals surface area contributed by atoms with E-state index in [4.69, 9.17) is 4.74 Å². The highest BCUT2D eigenvalue weighted by Gasteiger charge is 2.34. The fourth-order valence-corrected chi connectivity index (χ4v) is 1.61. The first-order chi connectivity index (χ1) is 9.77. The van der Waals surface area contributed by atoms with Gasteiger partial charge in [-0.2, -0.15) is 18.2 Å². The van der Waals surface area contributed by atoms with Crippen molar-refractivity contribution in [1.29, 1.82) is 0 Å². The van der Waals surface area contributed by atoms with Crippen molar-refractivity contribution in [2.75, 3.05) is 30.9 Å². The number of alkyl halides is 3. The smallest absolute Gasteiger partial charge is 0.380 e. The predicted molar refractivity (Wildman–Crippen MR) is 75.3 cm³/mol. The minimum absolute atomic E-state index is 0.0776. The van der Waals surface area contributed by atoms with Crippen LogP contribution in [0.15, 0.2) is 6.07 Å². The molecule has 1 rings (SSSR count). The Labute approximate surface area is 122 Å². The van der Waals surface area contributed by atoms with E-state index in [-0.39, 0.29) is 23.7 Å². The van der Waals surface area contributed by atoms with Gasteiger partial charge in [-0.3, -0.25) is 0 Å². The molecular formula is C13H21F3N4O. The Balaban J connectivity index is 2.99. The van der Waals surface area contributed by atoms with Crippen molar-refractivity contribution in [3.63, 3.8) is 0 Å². The molecular weight excluding hydrogens is 285 g/mol. The Hall–Kier alpha value is -1.57. The molecule has 1 atom stereocenters. The topological polar surface area (TPSA) is 59.1 Å². The third-order valence-corrected chi connectivity index (χ3v) is 2.88. The molecule has 0 aliphatic heterocycles. The number of halogens is 3. The van der Waals surface area contributed by atoms with E-state index in [1.807, 2.05) is 20.8 Å². The second-order valence-electron chi connectivity index (χ2n) is 4.86. The molecule has 0 saturated heterocycles. The number of aromatic nitrogens is 2. The summed E-state index contributed by atoms with van der Waals surface area (Å²) < 4.78 is 43.8. The molecule has 0 aliphatic rings. The van der Waals surface area contributed by atoms with Gasteiger partial charge in [0.15, 0.2) is 5.69 Å². The van der Waals surface area contributed by atoms with Gasteiger partial charge in [0.05, 0.1) is 12.6 Å². The summed E-state index contributed by atoms with van der Waals surface area (Å²) in [5.41, 5.74) is -0.983. The number of rotatable bonds is 7. The fraction of sp³-hybridized carbons (Fsp3) is 0.692. The van der Waals surface area contributed by atoms with Crippen molar-refractivity contribution < 1.29 is 17.9 Å². The molecule has 0 bridgehead atoms. The van der Waals surface area contributed by atoms with Gasteiger partial charge in [-0.1, -0.05) is 13.8 Å². The van der Waals surface area contributed by atoms with Gasteiger partial charge in [0, 0.05) is 19.7 Å². The Morgan fingerprint density at radius 3 is 2.43 bits per heavy atom. The van der Waals surface area contributed by atoms with E-state index in [0.29, 0.717) is 13.2 Å². The van der Waals surface area contributed by atoms with Crippen molar-refractivity contribution in [3.8, 4) is 0 Å². The van der Waals surface area contributed by atoms with Crippen LogP contribution in [0.3, 0.4) is 0 Å². The molecule has 1 heterocycles. The summed E-state index contributed by atoms with van der Waals surface area (Å²) in [5, 5.41) is 5.52. The molecule has 0 aliphatic carbocycles. The molecule has 0 amide bonds. The summed E-state index contributed by atoms with van der Waals surface area (Å²) in [6.45, 7) is 6.73. The molecule has 1 aromatic heterocycles. The minimum Gasteiger partial charge on any atom is -0.380 e. The van der Waals surface area contributed by atoms with Crippen molar-refractivity contribution in [3.05, 3.63) is 11.8 Å². The highest BCUT2D eigenvalue weighted by Crippen LogP contribution is 2.29. The van der Waals surface area contributed by atoms with Crippen molar-refractivity contribution in [2.45, 2.75) is 33.0 Å². The molecule has 8 heteroatoms. The summed E-state index contributed by atoms with van der Waals surface area (Å²) in [5.74, 6) is 0.227. The van der Waals surface area contributed by atoms with Crippen LogP contribution in [-0.2, 0) is 10.9 Å². The molecule has 5 nitrogen and oxygen atoms in total. The largest absolute Gasteiger partial charge is 0.433 e. The van der Waals surface area contributed by atoms with E-state index in [2.05, 4.69) is 20.6 Å². The van der Waals surface area contributed by atoms with E-state index in [9.17, 15) is 13.2 Å². The molecule has 120 valence electrons. The number of nitrogens with one attached hydrogen (secondary N) is 2. The third kappa shape index (κ3) is 5.37. The van der Waals surface area contributed by atoms with Crippen LogP contribution in [0, 0.1) is 5.92 Å². The zero-order valence-electron chi connectivity index (χ0n) is 12.6. The average Bonchev–Trinajstić information content (AvgIpc) is 2.41. The zero-order valence-corrected chi connectivity index (χ0v) is 12.6. The highest BCUT2D eigenvalue weighted by molar-refractivity contribution is 5.43. The maximum absolute atomic E-state index is 12.8. The lowest BCUT2D eigenvalue weighted by atomic mass is 10.1. The minimum atomic E-state index is -4.52. The van der Waals surface area contributed by atoms with Gasteiger partial charge in [0.25, 0.3) is 0 Å². The first-order valence-corrected chi connectivity index (χ1v) is 6.76. The number of hydrogen-bond donors (Lipinski definition) is 2. The summed E-state index contributed by atoms with van der Waals surface area (Å²) in [7, 11) is 1.47. The van der Waals surface area contributed by atoms with E-state index in [0.717, 1.165) is 6.07 Å². The van der Waals surface area contributed by atoms with Crippen LogP contribution in [-0.4, -0.2) is 36.3 Å². The van der Waals surface area contributed by atoms with E-state index in [1.165, 1.54) is 7.05 Å². The Kier molecular flexibility index (Phi) is 6.19. The van der Waals surface area contributed by atoms with Gasteiger partial charge in [0.1, 0.15) is 5.82 Å². The van der Waals surface area contributed by atoms with Gasteiger partial charge < -0.3 is 15.4 Å². The van der Waals surface area contributed by atoms with Gasteiger partial charge >= 0.3 is 6.18 Å². The predicted octanol–water partition coefficient (Wildman–Crippen LogP) is 3.01. The Morgan fingerprint density at radius 2 is 1.95 bits per heavy atom. The number of hydrogen-bond acceptors (Lipinski definition) is 5. The maximum Gasteiger partial charge on any atom is 0.433 e. The van der Waals surface area contributed by atoms with Crippen LogP contribution in [0.1, 0.15) is 26.5 Å². The normalized spacial score (nSPS) is 13.3. The molecule has 0 radical (unpaired) electrons. The number of nitrogens with zero attached hydrogens (tertiary/aromatic N) is 2. The molecule has 0 fully saturated rings. The quantitative estimate of drug-likeness (QED) is 0.811. The van der Waals surface area contributed by atoms with Crippen LogP contribution in [0.25, 0.3) is 0 Å². The van der Waals surface area contributed by atoms with Gasteiger partial charge in [-0.05, 0) is 12.8 Å². The monoisotopic (exact) mass is 306 g/mol. The lowest BCUT2D eigenvalue weighted by Crippen LogP contribution is -2.31. The molecule has 21 heavy (non-hydrogen) atoms. The summed E-state index contributed by atoms with van der Waals surface area (Å²) in [4.78, 5) is 7.43. The van der Waals surface area contributed by atoms with Crippen molar-refractivity contribution in [1.82, 2.24) is 9.97 Å². The van der Waals surface area contributed by atoms with Crippen LogP contribution in [0.2, 0.25) is 0 Å². The van der Waals surface area contributed by atoms with Crippen LogP contribution in [0.4, 0.5) is 24.9 Å². The lowest BCUT2D eigenvalue weighted by Gasteiger charge is -2.23. The molecule has 0 aromatic carbocycles. The SMILES string of the molecule is CCOCC(Nc1cc(C(F)(F)F)nc(NC)n1)C(C)C. The van der Waals surface area contributed by atoms with E-state index in [1.54, 1.807) is 0 Å². The fourth-order valence-electron chi connectivity index (χ4n) is 1.61. The number of anilines is 2. The standard InChI is InChI=1S/C13H21F3N4O/c1-5-21-7-9(8(2)3)18-11-6-10(13(14,15)16)19-12(17-4)20-11/h6,8-9H,5,7H2,1-4H3,(H2,17,18,19,20). The van der Waals surface area contributed by atoms with Gasteiger partial charge in [-0.15, -0.1) is 0 Å². The van der Waals surface area contributed by atoms with Crippen molar-refractivity contribution in [2.24, 2.45) is 5.92 Å². The summed E-state index contributed by atoms with van der Waals surface area (Å²) >= 11 is 0. The lowest BCUT2D eigenvalue weighted by molar-refractivity contribution is -0.141. The third-order valence-electron chi connectivity index (χ3n) is 2.88. The summed E-state index contributed by atoms with van der Waals surface area (Å²) in [6, 6.07) is 0.771. The first-order valence-electron chi connectivity index (χ1n) is 6.76. The zero-order chi connectivity index (χ0) is 16.0. The van der Waals surface area contributed by atoms with Crippen LogP contribution < -0.4 is 10.6 Å². The molecule has 2 N–H and O–H groups in total. The van der Waals surface area contributed by atoms with E-state index < -0.39 is 11.9 Å². The van der Waals surface area contributed by atoms with Crippen molar-refractivity contribution >= 4 is 11.8 Å². The maximum atomic E-state index is 12.8. The molecule has 0 saturated carbocycles. The Bertz CT molecular complexity index is 452. The highest BCUT2D eigenvalue weighted by atomic mass is 19.4. The second-order valence-corrected chi connectivity index (χ2v) is 4.86. The summed E-state index contributed by atoms with van der Waals surface area (Å²) in [6.07, 6.45) is -4.52. The Morgan fingerprint density at radius 1 is 1.29 bits per heavy atom. The van der Waals surface area contributed by atoms with Crippen LogP contribution >= 0.6 is 0 Å². The van der Waals surface area contributed by atoms with Crippen LogP contribution in [0.5, 0.6) is 0 Å². The second kappa shape index (κ2) is 7.44. The average molecular weight is 306 g/mol. The van der Waals surface area contributed by atoms with Gasteiger partial charge in [-0.25, -0.2) is 4.98 Å². The van der Waals surface area contributed by atoms with E-state index >= 15 is 0 Å².